The minimum Gasteiger partial charge on any atom is -0.313 e. The fourth-order valence-corrected chi connectivity index (χ4v) is 4.38. The predicted molar refractivity (Wildman–Crippen MR) is 89.9 cm³/mol. The molecule has 4 rings (SSSR count). The van der Waals surface area contributed by atoms with Gasteiger partial charge in [-0.15, -0.1) is 10.2 Å². The van der Waals surface area contributed by atoms with Crippen LogP contribution in [-0.2, 0) is 23.6 Å². The lowest BCUT2D eigenvalue weighted by molar-refractivity contribution is 0.0862. The molecule has 0 aliphatic carbocycles. The summed E-state index contributed by atoms with van der Waals surface area (Å²) in [5, 5.41) is 8.20. The molecule has 25 heavy (non-hydrogen) atoms. The molecule has 0 N–H and O–H groups in total. The van der Waals surface area contributed by atoms with Crippen molar-refractivity contribution in [2.75, 3.05) is 0 Å². The van der Waals surface area contributed by atoms with Gasteiger partial charge in [0.05, 0.1) is 12.1 Å². The van der Waals surface area contributed by atoms with Gasteiger partial charge >= 0.3 is 0 Å². The second kappa shape index (κ2) is 5.52. The van der Waals surface area contributed by atoms with E-state index in [4.69, 9.17) is 0 Å². The van der Waals surface area contributed by atoms with Crippen LogP contribution in [0.5, 0.6) is 0 Å². The molecule has 0 saturated carbocycles. The van der Waals surface area contributed by atoms with Gasteiger partial charge in [0.1, 0.15) is 4.90 Å². The molecule has 1 aromatic heterocycles. The maximum Gasteiger partial charge on any atom is 0.269 e. The number of benzene rings is 2. The fraction of sp³-hybridized carbons (Fsp3) is 0.118. The fourth-order valence-electron chi connectivity index (χ4n) is 2.85. The first-order valence-electron chi connectivity index (χ1n) is 7.60. The van der Waals surface area contributed by atoms with Gasteiger partial charge in [0.2, 0.25) is 0 Å². The Kier molecular flexibility index (Phi) is 3.43. The summed E-state index contributed by atoms with van der Waals surface area (Å²) >= 11 is 0. The number of nitrogens with zero attached hydrogens (tertiary/aromatic N) is 4. The number of amides is 1. The summed E-state index contributed by atoms with van der Waals surface area (Å²) in [7, 11) is -2.12. The number of aromatic nitrogens is 3. The van der Waals surface area contributed by atoms with Crippen LogP contribution in [-0.4, -0.2) is 33.4 Å². The van der Waals surface area contributed by atoms with Gasteiger partial charge in [-0.05, 0) is 12.1 Å². The second-order valence-corrected chi connectivity index (χ2v) is 7.51. The summed E-state index contributed by atoms with van der Waals surface area (Å²) in [5.41, 5.74) is 1.05. The molecule has 0 radical (unpaired) electrons. The normalized spacial score (nSPS) is 15.4. The Morgan fingerprint density at radius 3 is 2.36 bits per heavy atom. The van der Waals surface area contributed by atoms with Crippen LogP contribution in [0.1, 0.15) is 16.2 Å². The van der Waals surface area contributed by atoms with Crippen LogP contribution in [0.4, 0.5) is 0 Å². The molecule has 3 aromatic rings. The van der Waals surface area contributed by atoms with Crippen LogP contribution < -0.4 is 0 Å². The first-order chi connectivity index (χ1) is 12.0. The highest BCUT2D eigenvalue weighted by molar-refractivity contribution is 7.90. The van der Waals surface area contributed by atoms with Gasteiger partial charge in [-0.3, -0.25) is 4.79 Å². The molecule has 1 aliphatic rings. The standard InChI is InChI=1S/C17H14N4O3S/c1-20-15(18-19-16(20)12-7-3-2-4-8-12)11-21-17(22)13-9-5-6-10-14(13)25(21,23)24/h2-10H,11H2,1H3. The molecule has 2 heterocycles. The third kappa shape index (κ3) is 2.33. The lowest BCUT2D eigenvalue weighted by Crippen LogP contribution is -2.30. The molecule has 0 atom stereocenters. The number of rotatable bonds is 3. The van der Waals surface area contributed by atoms with E-state index in [2.05, 4.69) is 10.2 Å². The van der Waals surface area contributed by atoms with Crippen molar-refractivity contribution in [2.24, 2.45) is 7.05 Å². The van der Waals surface area contributed by atoms with Crippen molar-refractivity contribution in [3.8, 4) is 11.4 Å². The van der Waals surface area contributed by atoms with Crippen LogP contribution in [0.15, 0.2) is 59.5 Å². The average Bonchev–Trinajstić information content (AvgIpc) is 3.08. The maximum atomic E-state index is 12.6. The highest BCUT2D eigenvalue weighted by atomic mass is 32.2. The van der Waals surface area contributed by atoms with Crippen molar-refractivity contribution in [3.63, 3.8) is 0 Å². The molecule has 126 valence electrons. The Balaban J connectivity index is 1.71. The zero-order chi connectivity index (χ0) is 17.6. The zero-order valence-corrected chi connectivity index (χ0v) is 14.1. The summed E-state index contributed by atoms with van der Waals surface area (Å²) in [6.07, 6.45) is 0. The first-order valence-corrected chi connectivity index (χ1v) is 9.04. The van der Waals surface area contributed by atoms with E-state index in [1.807, 2.05) is 30.3 Å². The highest BCUT2D eigenvalue weighted by Crippen LogP contribution is 2.31. The third-order valence-electron chi connectivity index (χ3n) is 4.19. The van der Waals surface area contributed by atoms with E-state index in [1.54, 1.807) is 23.7 Å². The van der Waals surface area contributed by atoms with Gasteiger partial charge in [0, 0.05) is 12.6 Å². The molecule has 8 heteroatoms. The van der Waals surface area contributed by atoms with Crippen LogP contribution in [0.3, 0.4) is 0 Å². The van der Waals surface area contributed by atoms with Gasteiger partial charge < -0.3 is 4.57 Å². The first kappa shape index (κ1) is 15.5. The molecule has 0 spiro atoms. The van der Waals surface area contributed by atoms with E-state index in [0.717, 1.165) is 9.87 Å². The predicted octanol–water partition coefficient (Wildman–Crippen LogP) is 1.83. The van der Waals surface area contributed by atoms with E-state index in [9.17, 15) is 13.2 Å². The zero-order valence-electron chi connectivity index (χ0n) is 13.3. The van der Waals surface area contributed by atoms with Crippen LogP contribution in [0.2, 0.25) is 0 Å². The van der Waals surface area contributed by atoms with E-state index >= 15 is 0 Å². The van der Waals surface area contributed by atoms with E-state index in [-0.39, 0.29) is 17.0 Å². The summed E-state index contributed by atoms with van der Waals surface area (Å²) in [6.45, 7) is -0.161. The highest BCUT2D eigenvalue weighted by Gasteiger charge is 2.41. The van der Waals surface area contributed by atoms with Crippen molar-refractivity contribution in [1.82, 2.24) is 19.1 Å². The van der Waals surface area contributed by atoms with Crippen molar-refractivity contribution in [1.29, 1.82) is 0 Å². The summed E-state index contributed by atoms with van der Waals surface area (Å²) in [6, 6.07) is 15.6. The molecular formula is C17H14N4O3S. The number of sulfonamides is 1. The second-order valence-electron chi connectivity index (χ2n) is 5.68. The number of carbonyl (C=O) groups is 1. The Hall–Kier alpha value is -3.00. The molecule has 1 amide bonds. The quantitative estimate of drug-likeness (QED) is 0.716. The van der Waals surface area contributed by atoms with Crippen molar-refractivity contribution in [3.05, 3.63) is 66.0 Å². The van der Waals surface area contributed by atoms with Gasteiger partial charge in [-0.25, -0.2) is 12.7 Å². The van der Waals surface area contributed by atoms with Crippen LogP contribution in [0.25, 0.3) is 11.4 Å². The van der Waals surface area contributed by atoms with Crippen molar-refractivity contribution in [2.45, 2.75) is 11.4 Å². The summed E-state index contributed by atoms with van der Waals surface area (Å²) < 4.78 is 27.8. The number of fused-ring (bicyclic) bond motifs is 1. The van der Waals surface area contributed by atoms with Crippen molar-refractivity contribution < 1.29 is 13.2 Å². The number of carbonyl (C=O) groups excluding carboxylic acids is 1. The number of hydrogen-bond donors (Lipinski definition) is 0. The Labute approximate surface area is 144 Å². The Morgan fingerprint density at radius 2 is 1.64 bits per heavy atom. The molecule has 2 aromatic carbocycles. The SMILES string of the molecule is Cn1c(CN2C(=O)c3ccccc3S2(=O)=O)nnc1-c1ccccc1. The van der Waals surface area contributed by atoms with Gasteiger partial charge in [0.15, 0.2) is 11.6 Å². The minimum absolute atomic E-state index is 0.0328. The Bertz CT molecular complexity index is 1070. The lowest BCUT2D eigenvalue weighted by atomic mass is 10.2. The lowest BCUT2D eigenvalue weighted by Gasteiger charge is -2.14. The molecule has 0 saturated heterocycles. The molecule has 7 nitrogen and oxygen atoms in total. The average molecular weight is 354 g/mol. The van der Waals surface area contributed by atoms with Crippen LogP contribution >= 0.6 is 0 Å². The third-order valence-corrected chi connectivity index (χ3v) is 5.98. The van der Waals surface area contributed by atoms with E-state index < -0.39 is 15.9 Å². The van der Waals surface area contributed by atoms with E-state index in [1.165, 1.54) is 12.1 Å². The maximum absolute atomic E-state index is 12.6. The molecule has 0 unspecified atom stereocenters. The van der Waals surface area contributed by atoms with Gasteiger partial charge in [-0.2, -0.15) is 0 Å². The molecular weight excluding hydrogens is 340 g/mol. The van der Waals surface area contributed by atoms with Gasteiger partial charge in [0.25, 0.3) is 15.9 Å². The van der Waals surface area contributed by atoms with Gasteiger partial charge in [-0.1, -0.05) is 42.5 Å². The van der Waals surface area contributed by atoms with E-state index in [0.29, 0.717) is 11.6 Å². The largest absolute Gasteiger partial charge is 0.313 e. The monoisotopic (exact) mass is 354 g/mol. The number of hydrogen-bond acceptors (Lipinski definition) is 5. The Morgan fingerprint density at radius 1 is 0.960 bits per heavy atom. The minimum atomic E-state index is -3.86. The summed E-state index contributed by atoms with van der Waals surface area (Å²) in [5.74, 6) is 0.459. The summed E-state index contributed by atoms with van der Waals surface area (Å²) in [4.78, 5) is 12.5. The molecule has 0 fully saturated rings. The van der Waals surface area contributed by atoms with Crippen molar-refractivity contribution >= 4 is 15.9 Å². The smallest absolute Gasteiger partial charge is 0.269 e. The molecule has 1 aliphatic heterocycles. The topological polar surface area (TPSA) is 85.2 Å². The molecule has 0 bridgehead atoms. The van der Waals surface area contributed by atoms with Crippen LogP contribution in [0, 0.1) is 0 Å².